The molecule has 1 aromatic heterocycles. The molecule has 0 radical (unpaired) electrons. The molecule has 1 aromatic rings. The summed E-state index contributed by atoms with van der Waals surface area (Å²) in [6, 6.07) is 0. The van der Waals surface area contributed by atoms with Crippen molar-refractivity contribution in [1.29, 1.82) is 0 Å². The summed E-state index contributed by atoms with van der Waals surface area (Å²) in [5.74, 6) is 2.37. The van der Waals surface area contributed by atoms with Gasteiger partial charge in [0.2, 0.25) is 0 Å². The number of nitrogens with one attached hydrogen (secondary N) is 1. The number of hydrogen-bond acceptors (Lipinski definition) is 5. The molecular weight excluding hydrogens is 264 g/mol. The lowest BCUT2D eigenvalue weighted by Gasteiger charge is -2.28. The van der Waals surface area contributed by atoms with Crippen LogP contribution in [-0.2, 0) is 5.41 Å². The van der Waals surface area contributed by atoms with Crippen molar-refractivity contribution in [3.05, 3.63) is 11.4 Å². The van der Waals surface area contributed by atoms with E-state index in [9.17, 15) is 5.11 Å². The molecule has 5 heteroatoms. The van der Waals surface area contributed by atoms with Crippen LogP contribution in [0.4, 0.5) is 11.6 Å². The monoisotopic (exact) mass is 292 g/mol. The summed E-state index contributed by atoms with van der Waals surface area (Å²) in [6.07, 6.45) is 4.10. The van der Waals surface area contributed by atoms with E-state index >= 15 is 0 Å². The van der Waals surface area contributed by atoms with E-state index in [-0.39, 0.29) is 11.5 Å². The topological polar surface area (TPSA) is 84.1 Å². The highest BCUT2D eigenvalue weighted by molar-refractivity contribution is 5.55. The van der Waals surface area contributed by atoms with Gasteiger partial charge in [-0.1, -0.05) is 33.6 Å². The zero-order chi connectivity index (χ0) is 15.6. The SMILES string of the molecule is Cc1c(N)nc(C(C)(C)C)nc1NCC1CCCCC1O. The second-order valence-electron chi connectivity index (χ2n) is 7.15. The summed E-state index contributed by atoms with van der Waals surface area (Å²) in [6.45, 7) is 8.90. The largest absolute Gasteiger partial charge is 0.393 e. The Morgan fingerprint density at radius 2 is 1.90 bits per heavy atom. The molecule has 1 aliphatic carbocycles. The number of nitrogen functional groups attached to an aromatic ring is 1. The molecule has 2 unspecified atom stereocenters. The van der Waals surface area contributed by atoms with Crippen molar-refractivity contribution in [2.24, 2.45) is 5.92 Å². The second-order valence-corrected chi connectivity index (χ2v) is 7.15. The minimum atomic E-state index is -0.201. The van der Waals surface area contributed by atoms with Crippen LogP contribution < -0.4 is 11.1 Å². The van der Waals surface area contributed by atoms with Crippen LogP contribution in [0.2, 0.25) is 0 Å². The van der Waals surface area contributed by atoms with Crippen LogP contribution in [-0.4, -0.2) is 27.7 Å². The first-order valence-corrected chi connectivity index (χ1v) is 7.85. The highest BCUT2D eigenvalue weighted by Crippen LogP contribution is 2.27. The molecule has 0 aromatic carbocycles. The molecule has 0 bridgehead atoms. The average Bonchev–Trinajstić information content (AvgIpc) is 2.40. The average molecular weight is 292 g/mol. The Balaban J connectivity index is 2.13. The Morgan fingerprint density at radius 3 is 2.52 bits per heavy atom. The van der Waals surface area contributed by atoms with Crippen LogP contribution in [0.1, 0.15) is 57.8 Å². The molecule has 4 N–H and O–H groups in total. The van der Waals surface area contributed by atoms with Crippen LogP contribution in [0, 0.1) is 12.8 Å². The smallest absolute Gasteiger partial charge is 0.138 e. The molecular formula is C16H28N4O. The van der Waals surface area contributed by atoms with Crippen molar-refractivity contribution < 1.29 is 5.11 Å². The Bertz CT molecular complexity index is 496. The molecule has 0 saturated heterocycles. The lowest BCUT2D eigenvalue weighted by Crippen LogP contribution is -2.31. The Kier molecular flexibility index (Phi) is 4.71. The Labute approximate surface area is 127 Å². The summed E-state index contributed by atoms with van der Waals surface area (Å²) in [4.78, 5) is 9.02. The number of aromatic nitrogens is 2. The molecule has 0 spiro atoms. The zero-order valence-corrected chi connectivity index (χ0v) is 13.6. The number of nitrogens with zero attached hydrogens (tertiary/aromatic N) is 2. The number of rotatable bonds is 3. The highest BCUT2D eigenvalue weighted by atomic mass is 16.3. The normalized spacial score (nSPS) is 23.1. The van der Waals surface area contributed by atoms with Crippen molar-refractivity contribution >= 4 is 11.6 Å². The number of anilines is 2. The van der Waals surface area contributed by atoms with E-state index in [0.29, 0.717) is 11.7 Å². The van der Waals surface area contributed by atoms with Crippen molar-refractivity contribution in [2.75, 3.05) is 17.6 Å². The quantitative estimate of drug-likeness (QED) is 0.797. The van der Waals surface area contributed by atoms with Gasteiger partial charge in [-0.15, -0.1) is 0 Å². The first-order chi connectivity index (χ1) is 9.79. The third-order valence-electron chi connectivity index (χ3n) is 4.25. The maximum atomic E-state index is 10.1. The van der Waals surface area contributed by atoms with Crippen molar-refractivity contribution in [1.82, 2.24) is 9.97 Å². The molecule has 2 atom stereocenters. The molecule has 21 heavy (non-hydrogen) atoms. The van der Waals surface area contributed by atoms with Gasteiger partial charge in [0.1, 0.15) is 17.5 Å². The standard InChI is InChI=1S/C16H28N4O/c1-10-13(17)19-15(16(2,3)4)20-14(10)18-9-11-7-5-6-8-12(11)21/h11-12,21H,5-9H2,1-4H3,(H3,17,18,19,20). The van der Waals surface area contributed by atoms with Crippen LogP contribution in [0.5, 0.6) is 0 Å². The third-order valence-corrected chi connectivity index (χ3v) is 4.25. The van der Waals surface area contributed by atoms with Gasteiger partial charge < -0.3 is 16.2 Å². The zero-order valence-electron chi connectivity index (χ0n) is 13.6. The Morgan fingerprint density at radius 1 is 1.24 bits per heavy atom. The molecule has 5 nitrogen and oxygen atoms in total. The van der Waals surface area contributed by atoms with E-state index in [0.717, 1.165) is 43.0 Å². The van der Waals surface area contributed by atoms with Crippen LogP contribution in [0.25, 0.3) is 0 Å². The van der Waals surface area contributed by atoms with E-state index in [1.165, 1.54) is 6.42 Å². The summed E-state index contributed by atoms with van der Waals surface area (Å²) in [5.41, 5.74) is 6.76. The summed E-state index contributed by atoms with van der Waals surface area (Å²) < 4.78 is 0. The van der Waals surface area contributed by atoms with E-state index in [4.69, 9.17) is 5.73 Å². The molecule has 118 valence electrons. The van der Waals surface area contributed by atoms with E-state index in [1.54, 1.807) is 0 Å². The molecule has 1 heterocycles. The lowest BCUT2D eigenvalue weighted by molar-refractivity contribution is 0.0763. The predicted octanol–water partition coefficient (Wildman–Crippen LogP) is 2.63. The van der Waals surface area contributed by atoms with Gasteiger partial charge in [0.15, 0.2) is 0 Å². The van der Waals surface area contributed by atoms with Gasteiger partial charge in [-0.25, -0.2) is 9.97 Å². The summed E-state index contributed by atoms with van der Waals surface area (Å²) in [5, 5.41) is 13.4. The maximum Gasteiger partial charge on any atom is 0.138 e. The second kappa shape index (κ2) is 6.18. The van der Waals surface area contributed by atoms with Crippen LogP contribution >= 0.6 is 0 Å². The van der Waals surface area contributed by atoms with Gasteiger partial charge in [-0.05, 0) is 19.8 Å². The van der Waals surface area contributed by atoms with Crippen LogP contribution in [0.3, 0.4) is 0 Å². The first-order valence-electron chi connectivity index (χ1n) is 7.85. The van der Waals surface area contributed by atoms with Crippen molar-refractivity contribution in [3.8, 4) is 0 Å². The fraction of sp³-hybridized carbons (Fsp3) is 0.750. The number of hydrogen-bond donors (Lipinski definition) is 3. The number of aliphatic hydroxyl groups is 1. The van der Waals surface area contributed by atoms with Crippen molar-refractivity contribution in [3.63, 3.8) is 0 Å². The van der Waals surface area contributed by atoms with E-state index in [2.05, 4.69) is 36.1 Å². The van der Waals surface area contributed by atoms with Gasteiger partial charge in [-0.2, -0.15) is 0 Å². The van der Waals surface area contributed by atoms with Gasteiger partial charge >= 0.3 is 0 Å². The molecule has 1 fully saturated rings. The number of aliphatic hydroxyl groups excluding tert-OH is 1. The van der Waals surface area contributed by atoms with Gasteiger partial charge in [0, 0.05) is 23.4 Å². The van der Waals surface area contributed by atoms with Crippen molar-refractivity contribution in [2.45, 2.75) is 64.9 Å². The van der Waals surface area contributed by atoms with Crippen LogP contribution in [0.15, 0.2) is 0 Å². The summed E-state index contributed by atoms with van der Waals surface area (Å²) >= 11 is 0. The Hall–Kier alpha value is -1.36. The fourth-order valence-corrected chi connectivity index (χ4v) is 2.70. The van der Waals surface area contributed by atoms with Gasteiger partial charge in [0.05, 0.1) is 6.10 Å². The van der Waals surface area contributed by atoms with Gasteiger partial charge in [-0.3, -0.25) is 0 Å². The predicted molar refractivity (Wildman–Crippen MR) is 86.3 cm³/mol. The first kappa shape index (κ1) is 16.0. The lowest BCUT2D eigenvalue weighted by atomic mass is 9.86. The maximum absolute atomic E-state index is 10.1. The fourth-order valence-electron chi connectivity index (χ4n) is 2.70. The number of nitrogens with two attached hydrogens (primary N) is 1. The molecule has 2 rings (SSSR count). The molecule has 0 aliphatic heterocycles. The third kappa shape index (κ3) is 3.84. The minimum Gasteiger partial charge on any atom is -0.393 e. The van der Waals surface area contributed by atoms with Gasteiger partial charge in [0.25, 0.3) is 0 Å². The van der Waals surface area contributed by atoms with E-state index in [1.807, 2.05) is 6.92 Å². The summed E-state index contributed by atoms with van der Waals surface area (Å²) in [7, 11) is 0. The highest BCUT2D eigenvalue weighted by Gasteiger charge is 2.24. The molecule has 1 saturated carbocycles. The molecule has 1 aliphatic rings. The van der Waals surface area contributed by atoms with E-state index < -0.39 is 0 Å². The minimum absolute atomic E-state index is 0.136. The molecule has 0 amide bonds.